The van der Waals surface area contributed by atoms with Crippen molar-refractivity contribution in [2.75, 3.05) is 31.1 Å². The number of amides is 1. The molecule has 0 bridgehead atoms. The molecule has 2 aromatic heterocycles. The average molecular weight is 365 g/mol. The highest BCUT2D eigenvalue weighted by Crippen LogP contribution is 2.34. The quantitative estimate of drug-likeness (QED) is 0.595. The number of hydrogen-bond donors (Lipinski definition) is 0. The van der Waals surface area contributed by atoms with E-state index < -0.39 is 10.5 Å². The number of rotatable bonds is 2. The van der Waals surface area contributed by atoms with Crippen LogP contribution in [-0.2, 0) is 4.74 Å². The van der Waals surface area contributed by atoms with Gasteiger partial charge in [0.25, 0.3) is 0 Å². The fourth-order valence-corrected chi connectivity index (χ4v) is 3.41. The Balaban J connectivity index is 1.74. The molecular formula is C15H19N5O4S. The average Bonchev–Trinajstić information content (AvgIpc) is 2.98. The normalized spacial score (nSPS) is 15.5. The molecular weight excluding hydrogens is 346 g/mol. The molecule has 0 radical (unpaired) electrons. The van der Waals surface area contributed by atoms with E-state index in [1.807, 2.05) is 25.7 Å². The largest absolute Gasteiger partial charge is 0.444 e. The Hall–Kier alpha value is -2.49. The van der Waals surface area contributed by atoms with Gasteiger partial charge in [0.1, 0.15) is 22.6 Å². The molecule has 1 aliphatic rings. The van der Waals surface area contributed by atoms with Gasteiger partial charge in [0, 0.05) is 32.2 Å². The van der Waals surface area contributed by atoms with Crippen LogP contribution in [0.25, 0.3) is 10.2 Å². The molecule has 3 rings (SSSR count). The minimum atomic E-state index is -0.525. The van der Waals surface area contributed by atoms with Gasteiger partial charge in [-0.3, -0.25) is 10.1 Å². The van der Waals surface area contributed by atoms with Crippen LogP contribution in [0.1, 0.15) is 20.8 Å². The van der Waals surface area contributed by atoms with Crippen LogP contribution in [0, 0.1) is 10.1 Å². The molecule has 0 saturated carbocycles. The lowest BCUT2D eigenvalue weighted by Crippen LogP contribution is -2.50. The molecule has 2 aromatic rings. The number of aromatic nitrogens is 2. The summed E-state index contributed by atoms with van der Waals surface area (Å²) in [4.78, 5) is 35.4. The summed E-state index contributed by atoms with van der Waals surface area (Å²) in [6, 6.07) is 1.51. The Morgan fingerprint density at radius 3 is 2.56 bits per heavy atom. The maximum Gasteiger partial charge on any atom is 0.410 e. The highest BCUT2D eigenvalue weighted by molar-refractivity contribution is 7.21. The summed E-state index contributed by atoms with van der Waals surface area (Å²) < 4.78 is 5.39. The summed E-state index contributed by atoms with van der Waals surface area (Å²) in [5.41, 5.74) is -0.525. The van der Waals surface area contributed by atoms with E-state index in [0.717, 1.165) is 11.3 Å². The van der Waals surface area contributed by atoms with Crippen molar-refractivity contribution in [3.8, 4) is 0 Å². The van der Waals surface area contributed by atoms with Gasteiger partial charge in [0.2, 0.25) is 0 Å². The minimum absolute atomic E-state index is 0.0455. The number of ether oxygens (including phenoxy) is 1. The Morgan fingerprint density at radius 2 is 1.96 bits per heavy atom. The zero-order valence-corrected chi connectivity index (χ0v) is 15.1. The first kappa shape index (κ1) is 17.3. The van der Waals surface area contributed by atoms with E-state index in [9.17, 15) is 14.9 Å². The number of thiophene rings is 1. The fourth-order valence-electron chi connectivity index (χ4n) is 2.60. The molecule has 0 unspecified atom stereocenters. The number of hydrogen-bond acceptors (Lipinski definition) is 8. The van der Waals surface area contributed by atoms with Crippen LogP contribution in [0.5, 0.6) is 0 Å². The zero-order chi connectivity index (χ0) is 18.2. The lowest BCUT2D eigenvalue weighted by molar-refractivity contribution is -0.380. The molecule has 25 heavy (non-hydrogen) atoms. The Labute approximate surface area is 148 Å². The molecule has 0 spiro atoms. The Bertz CT molecular complexity index is 808. The van der Waals surface area contributed by atoms with E-state index in [0.29, 0.717) is 42.2 Å². The highest BCUT2D eigenvalue weighted by Gasteiger charge is 2.27. The number of anilines is 1. The fraction of sp³-hybridized carbons (Fsp3) is 0.533. The number of piperazine rings is 1. The van der Waals surface area contributed by atoms with Crippen molar-refractivity contribution >= 4 is 38.5 Å². The summed E-state index contributed by atoms with van der Waals surface area (Å²) in [6.07, 6.45) is 1.09. The molecule has 0 aliphatic carbocycles. The van der Waals surface area contributed by atoms with Gasteiger partial charge in [0.05, 0.1) is 10.3 Å². The number of nitro groups is 1. The molecule has 3 heterocycles. The van der Waals surface area contributed by atoms with Crippen molar-refractivity contribution in [1.29, 1.82) is 0 Å². The molecule has 1 amide bonds. The van der Waals surface area contributed by atoms with Crippen LogP contribution in [0.4, 0.5) is 15.6 Å². The van der Waals surface area contributed by atoms with Crippen molar-refractivity contribution in [3.63, 3.8) is 0 Å². The molecule has 1 aliphatic heterocycles. The van der Waals surface area contributed by atoms with Gasteiger partial charge < -0.3 is 14.5 Å². The molecule has 134 valence electrons. The first-order valence-electron chi connectivity index (χ1n) is 7.86. The van der Waals surface area contributed by atoms with Gasteiger partial charge in [-0.25, -0.2) is 14.8 Å². The summed E-state index contributed by atoms with van der Waals surface area (Å²) in [5.74, 6) is 0.665. The van der Waals surface area contributed by atoms with Gasteiger partial charge in [-0.15, -0.1) is 0 Å². The van der Waals surface area contributed by atoms with Crippen molar-refractivity contribution < 1.29 is 14.5 Å². The van der Waals surface area contributed by atoms with Crippen LogP contribution < -0.4 is 4.90 Å². The Morgan fingerprint density at radius 1 is 1.28 bits per heavy atom. The topological polar surface area (TPSA) is 102 Å². The highest BCUT2D eigenvalue weighted by atomic mass is 32.1. The molecule has 0 atom stereocenters. The lowest BCUT2D eigenvalue weighted by atomic mass is 10.2. The number of carbonyl (C=O) groups excluding carboxylic acids is 1. The molecule has 1 fully saturated rings. The van der Waals surface area contributed by atoms with Crippen molar-refractivity contribution in [3.05, 3.63) is 22.5 Å². The van der Waals surface area contributed by atoms with Crippen molar-refractivity contribution in [2.24, 2.45) is 0 Å². The number of fused-ring (bicyclic) bond motifs is 1. The molecule has 10 heteroatoms. The summed E-state index contributed by atoms with van der Waals surface area (Å²) in [7, 11) is 0. The van der Waals surface area contributed by atoms with E-state index in [-0.39, 0.29) is 11.1 Å². The summed E-state index contributed by atoms with van der Waals surface area (Å²) in [5, 5.41) is 11.7. The second-order valence-corrected chi connectivity index (χ2v) is 7.72. The minimum Gasteiger partial charge on any atom is -0.444 e. The molecule has 9 nitrogen and oxygen atoms in total. The van der Waals surface area contributed by atoms with Crippen LogP contribution in [0.2, 0.25) is 0 Å². The van der Waals surface area contributed by atoms with Gasteiger partial charge in [-0.1, -0.05) is 0 Å². The zero-order valence-electron chi connectivity index (χ0n) is 14.3. The van der Waals surface area contributed by atoms with E-state index in [2.05, 4.69) is 9.97 Å². The van der Waals surface area contributed by atoms with Gasteiger partial charge in [0.15, 0.2) is 0 Å². The van der Waals surface area contributed by atoms with Crippen LogP contribution in [0.15, 0.2) is 12.4 Å². The number of carbonyl (C=O) groups is 1. The first-order chi connectivity index (χ1) is 11.7. The van der Waals surface area contributed by atoms with Crippen LogP contribution >= 0.6 is 11.3 Å². The summed E-state index contributed by atoms with van der Waals surface area (Å²) >= 11 is 1.03. The summed E-state index contributed by atoms with van der Waals surface area (Å²) in [6.45, 7) is 7.68. The van der Waals surface area contributed by atoms with Crippen molar-refractivity contribution in [2.45, 2.75) is 26.4 Å². The second kappa shape index (κ2) is 6.43. The maximum absolute atomic E-state index is 12.1. The SMILES string of the molecule is CC(C)(C)OC(=O)N1CCN(c2ncnc3sc([N+](=O)[O-])cc23)CC1. The predicted octanol–water partition coefficient (Wildman–Crippen LogP) is 2.66. The third-order valence-corrected chi connectivity index (χ3v) is 4.70. The van der Waals surface area contributed by atoms with Gasteiger partial charge >= 0.3 is 11.1 Å². The predicted molar refractivity (Wildman–Crippen MR) is 94.1 cm³/mol. The maximum atomic E-state index is 12.1. The molecule has 1 saturated heterocycles. The van der Waals surface area contributed by atoms with E-state index in [4.69, 9.17) is 4.74 Å². The standard InChI is InChI=1S/C15H19N5O4S/c1-15(2,3)24-14(21)19-6-4-18(5-7-19)12-10-8-11(20(22)23)25-13(10)17-9-16-12/h8-9H,4-7H2,1-3H3. The van der Waals surface area contributed by atoms with Gasteiger partial charge in [-0.05, 0) is 32.1 Å². The Kier molecular flexibility index (Phi) is 4.46. The van der Waals surface area contributed by atoms with Crippen LogP contribution in [-0.4, -0.2) is 57.7 Å². The van der Waals surface area contributed by atoms with E-state index in [1.54, 1.807) is 4.90 Å². The monoisotopic (exact) mass is 365 g/mol. The number of nitrogens with zero attached hydrogens (tertiary/aromatic N) is 5. The van der Waals surface area contributed by atoms with E-state index >= 15 is 0 Å². The first-order valence-corrected chi connectivity index (χ1v) is 8.68. The molecule has 0 N–H and O–H groups in total. The second-order valence-electron chi connectivity index (χ2n) is 6.71. The van der Waals surface area contributed by atoms with Gasteiger partial charge in [-0.2, -0.15) is 0 Å². The lowest BCUT2D eigenvalue weighted by Gasteiger charge is -2.36. The molecule has 0 aromatic carbocycles. The van der Waals surface area contributed by atoms with Crippen LogP contribution in [0.3, 0.4) is 0 Å². The van der Waals surface area contributed by atoms with Crippen molar-refractivity contribution in [1.82, 2.24) is 14.9 Å². The third-order valence-electron chi connectivity index (χ3n) is 3.71. The smallest absolute Gasteiger partial charge is 0.410 e. The van der Waals surface area contributed by atoms with E-state index in [1.165, 1.54) is 12.4 Å². The third kappa shape index (κ3) is 3.78.